The maximum atomic E-state index is 12.7. The Balaban J connectivity index is 1.75. The molecule has 0 radical (unpaired) electrons. The smallest absolute Gasteiger partial charge is 0.339 e. The average Bonchev–Trinajstić information content (AvgIpc) is 2.95. The second-order valence-electron chi connectivity index (χ2n) is 5.54. The van der Waals surface area contributed by atoms with E-state index in [4.69, 9.17) is 20.8 Å². The molecular weight excluding hydrogens is 354 g/mol. The number of benzene rings is 1. The molecule has 0 spiro atoms. The Bertz CT molecular complexity index is 909. The molecule has 0 saturated carbocycles. The molecule has 0 bridgehead atoms. The van der Waals surface area contributed by atoms with E-state index in [0.29, 0.717) is 24.5 Å². The first kappa shape index (κ1) is 17.0. The second-order valence-corrected chi connectivity index (χ2v) is 7.86. The van der Waals surface area contributed by atoms with E-state index in [2.05, 4.69) is 0 Å². The van der Waals surface area contributed by atoms with Gasteiger partial charge in [-0.1, -0.05) is 23.7 Å². The molecule has 2 aromatic rings. The number of hydrogen-bond donors (Lipinski definition) is 0. The third-order valence-corrected chi connectivity index (χ3v) is 6.10. The molecule has 1 aliphatic rings. The van der Waals surface area contributed by atoms with Crippen LogP contribution in [0.1, 0.15) is 12.2 Å². The second kappa shape index (κ2) is 6.58. The van der Waals surface area contributed by atoms with Crippen molar-refractivity contribution in [2.45, 2.75) is 24.3 Å². The Kier molecular flexibility index (Phi) is 4.67. The fourth-order valence-electron chi connectivity index (χ4n) is 2.64. The molecule has 0 aliphatic carbocycles. The van der Waals surface area contributed by atoms with Gasteiger partial charge in [0.05, 0.1) is 17.6 Å². The van der Waals surface area contributed by atoms with E-state index in [0.717, 1.165) is 0 Å². The minimum absolute atomic E-state index is 0.0866. The monoisotopic (exact) mass is 369 g/mol. The number of ether oxygens (including phenoxy) is 1. The van der Waals surface area contributed by atoms with Crippen molar-refractivity contribution in [3.63, 3.8) is 0 Å². The van der Waals surface area contributed by atoms with Crippen LogP contribution < -0.4 is 10.4 Å². The molecule has 128 valence electrons. The van der Waals surface area contributed by atoms with Crippen LogP contribution in [0.15, 0.2) is 50.5 Å². The van der Waals surface area contributed by atoms with Gasteiger partial charge in [-0.3, -0.25) is 0 Å². The van der Waals surface area contributed by atoms with Crippen molar-refractivity contribution in [2.24, 2.45) is 0 Å². The standard InChI is InChI=1S/C16H16ClNO5S/c1-11-8-13(9-16(19)22-11)23-12-6-7-18(10-12)24(20,21)15-5-3-2-4-14(15)17/h2-5,8-9,12H,6-7,10H2,1H3. The summed E-state index contributed by atoms with van der Waals surface area (Å²) < 4.78 is 37.3. The van der Waals surface area contributed by atoms with Crippen LogP contribution in [-0.4, -0.2) is 31.9 Å². The summed E-state index contributed by atoms with van der Waals surface area (Å²) in [6, 6.07) is 9.20. The zero-order chi connectivity index (χ0) is 17.3. The van der Waals surface area contributed by atoms with Gasteiger partial charge < -0.3 is 9.15 Å². The molecule has 3 rings (SSSR count). The highest BCUT2D eigenvalue weighted by atomic mass is 35.5. The van der Waals surface area contributed by atoms with E-state index in [9.17, 15) is 13.2 Å². The van der Waals surface area contributed by atoms with E-state index < -0.39 is 15.6 Å². The van der Waals surface area contributed by atoms with E-state index in [-0.39, 0.29) is 22.6 Å². The predicted octanol–water partition coefficient (Wildman–Crippen LogP) is 2.44. The number of sulfonamides is 1. The van der Waals surface area contributed by atoms with Crippen molar-refractivity contribution in [3.05, 3.63) is 57.6 Å². The number of nitrogens with zero attached hydrogens (tertiary/aromatic N) is 1. The van der Waals surface area contributed by atoms with E-state index in [1.165, 1.54) is 16.4 Å². The van der Waals surface area contributed by atoms with Crippen LogP contribution in [0, 0.1) is 6.92 Å². The highest BCUT2D eigenvalue weighted by molar-refractivity contribution is 7.89. The minimum Gasteiger partial charge on any atom is -0.489 e. The first-order valence-electron chi connectivity index (χ1n) is 7.39. The SMILES string of the molecule is Cc1cc(OC2CCN(S(=O)(=O)c3ccccc3Cl)C2)cc(=O)o1. The first-order chi connectivity index (χ1) is 11.4. The van der Waals surface area contributed by atoms with Crippen LogP contribution >= 0.6 is 11.6 Å². The Morgan fingerprint density at radius 3 is 2.75 bits per heavy atom. The molecule has 0 amide bonds. The van der Waals surface area contributed by atoms with E-state index in [1.54, 1.807) is 31.2 Å². The van der Waals surface area contributed by atoms with Crippen molar-refractivity contribution in [1.82, 2.24) is 4.31 Å². The molecule has 24 heavy (non-hydrogen) atoms. The molecular formula is C16H16ClNO5S. The Morgan fingerprint density at radius 1 is 1.29 bits per heavy atom. The highest BCUT2D eigenvalue weighted by Crippen LogP contribution is 2.28. The summed E-state index contributed by atoms with van der Waals surface area (Å²) in [6.45, 7) is 2.18. The van der Waals surface area contributed by atoms with Crippen molar-refractivity contribution >= 4 is 21.6 Å². The average molecular weight is 370 g/mol. The lowest BCUT2D eigenvalue weighted by Gasteiger charge is -2.18. The summed E-state index contributed by atoms with van der Waals surface area (Å²) >= 11 is 6.01. The topological polar surface area (TPSA) is 76.8 Å². The van der Waals surface area contributed by atoms with E-state index in [1.807, 2.05) is 0 Å². The zero-order valence-electron chi connectivity index (χ0n) is 12.9. The summed E-state index contributed by atoms with van der Waals surface area (Å²) in [5, 5.41) is 0.193. The third-order valence-electron chi connectivity index (χ3n) is 3.73. The van der Waals surface area contributed by atoms with Crippen LogP contribution in [-0.2, 0) is 10.0 Å². The fourth-order valence-corrected chi connectivity index (χ4v) is 4.62. The van der Waals surface area contributed by atoms with Crippen LogP contribution in [0.2, 0.25) is 5.02 Å². The van der Waals surface area contributed by atoms with Gasteiger partial charge in [-0.05, 0) is 25.5 Å². The largest absolute Gasteiger partial charge is 0.489 e. The third kappa shape index (κ3) is 3.48. The van der Waals surface area contributed by atoms with Crippen LogP contribution in [0.25, 0.3) is 0 Å². The lowest BCUT2D eigenvalue weighted by Crippen LogP contribution is -2.31. The number of rotatable bonds is 4. The Morgan fingerprint density at radius 2 is 2.04 bits per heavy atom. The van der Waals surface area contributed by atoms with Gasteiger partial charge in [0.1, 0.15) is 22.5 Å². The number of aryl methyl sites for hydroxylation is 1. The summed E-state index contributed by atoms with van der Waals surface area (Å²) in [4.78, 5) is 11.4. The first-order valence-corrected chi connectivity index (χ1v) is 9.21. The molecule has 6 nitrogen and oxygen atoms in total. The van der Waals surface area contributed by atoms with Crippen LogP contribution in [0.3, 0.4) is 0 Å². The Labute approximate surface area is 144 Å². The van der Waals surface area contributed by atoms with Gasteiger partial charge in [-0.15, -0.1) is 0 Å². The van der Waals surface area contributed by atoms with Crippen LogP contribution in [0.5, 0.6) is 5.75 Å². The molecule has 8 heteroatoms. The van der Waals surface area contributed by atoms with E-state index >= 15 is 0 Å². The fraction of sp³-hybridized carbons (Fsp3) is 0.312. The lowest BCUT2D eigenvalue weighted by atomic mass is 10.3. The van der Waals surface area contributed by atoms with Gasteiger partial charge in [0.25, 0.3) is 0 Å². The normalized spacial score (nSPS) is 18.7. The van der Waals surface area contributed by atoms with Gasteiger partial charge in [-0.25, -0.2) is 13.2 Å². The van der Waals surface area contributed by atoms with Crippen molar-refractivity contribution in [2.75, 3.05) is 13.1 Å². The van der Waals surface area contributed by atoms with Crippen LogP contribution in [0.4, 0.5) is 0 Å². The van der Waals surface area contributed by atoms with Gasteiger partial charge in [0.15, 0.2) is 0 Å². The maximum absolute atomic E-state index is 12.7. The maximum Gasteiger partial charge on any atom is 0.339 e. The minimum atomic E-state index is -3.67. The lowest BCUT2D eigenvalue weighted by molar-refractivity contribution is 0.213. The van der Waals surface area contributed by atoms with Gasteiger partial charge >= 0.3 is 5.63 Å². The predicted molar refractivity (Wildman–Crippen MR) is 89.0 cm³/mol. The highest BCUT2D eigenvalue weighted by Gasteiger charge is 2.34. The molecule has 1 aromatic heterocycles. The molecule has 0 N–H and O–H groups in total. The summed E-state index contributed by atoms with van der Waals surface area (Å²) in [5.74, 6) is 0.821. The molecule has 1 unspecified atom stereocenters. The molecule has 2 heterocycles. The van der Waals surface area contributed by atoms with Gasteiger partial charge in [0.2, 0.25) is 10.0 Å². The zero-order valence-corrected chi connectivity index (χ0v) is 14.5. The molecule has 1 aliphatic heterocycles. The molecule has 1 saturated heterocycles. The summed E-state index contributed by atoms with van der Waals surface area (Å²) in [5.41, 5.74) is -0.497. The molecule has 1 fully saturated rings. The van der Waals surface area contributed by atoms with Gasteiger partial charge in [-0.2, -0.15) is 4.31 Å². The Hall–Kier alpha value is -1.83. The number of hydrogen-bond acceptors (Lipinski definition) is 5. The van der Waals surface area contributed by atoms with Crippen molar-refractivity contribution in [1.29, 1.82) is 0 Å². The quantitative estimate of drug-likeness (QED) is 0.827. The number of halogens is 1. The van der Waals surface area contributed by atoms with Crippen molar-refractivity contribution in [3.8, 4) is 5.75 Å². The molecule has 1 aromatic carbocycles. The molecule has 1 atom stereocenters. The van der Waals surface area contributed by atoms with Crippen molar-refractivity contribution < 1.29 is 17.6 Å². The summed E-state index contributed by atoms with van der Waals surface area (Å²) in [6.07, 6.45) is 0.201. The summed E-state index contributed by atoms with van der Waals surface area (Å²) in [7, 11) is -3.67. The van der Waals surface area contributed by atoms with Gasteiger partial charge in [0, 0.05) is 12.6 Å².